The summed E-state index contributed by atoms with van der Waals surface area (Å²) in [5.41, 5.74) is 4.85. The Morgan fingerprint density at radius 1 is 1.36 bits per heavy atom. The molecule has 0 unspecified atom stereocenters. The van der Waals surface area contributed by atoms with Crippen LogP contribution < -0.4 is 11.1 Å². The van der Waals surface area contributed by atoms with Gasteiger partial charge in [-0.25, -0.2) is 13.6 Å². The van der Waals surface area contributed by atoms with E-state index >= 15 is 0 Å². The number of hydrogen-bond donors (Lipinski definition) is 2. The largest absolute Gasteiger partial charge is 0.452 e. The first kappa shape index (κ1) is 15.4. The minimum absolute atomic E-state index is 0.107. The molecule has 2 rings (SSSR count). The van der Waals surface area contributed by atoms with Crippen LogP contribution in [0.3, 0.4) is 0 Å². The van der Waals surface area contributed by atoms with Crippen LogP contribution in [-0.4, -0.2) is 23.6 Å². The molecule has 0 fully saturated rings. The second-order valence-corrected chi connectivity index (χ2v) is 4.23. The molecule has 0 aliphatic rings. The number of para-hydroxylation sites is 1. The predicted octanol–water partition coefficient (Wildman–Crippen LogP) is 1.64. The van der Waals surface area contributed by atoms with Crippen LogP contribution in [0.4, 0.5) is 20.4 Å². The van der Waals surface area contributed by atoms with Crippen molar-refractivity contribution in [1.29, 1.82) is 0 Å². The van der Waals surface area contributed by atoms with Crippen molar-refractivity contribution >= 4 is 23.4 Å². The zero-order valence-corrected chi connectivity index (χ0v) is 11.4. The molecule has 0 aliphatic heterocycles. The van der Waals surface area contributed by atoms with E-state index in [0.29, 0.717) is 0 Å². The molecule has 7 nitrogen and oxygen atoms in total. The number of carbonyl (C=O) groups is 2. The molecule has 0 aliphatic carbocycles. The minimum atomic E-state index is -0.946. The lowest BCUT2D eigenvalue weighted by Gasteiger charge is -2.08. The van der Waals surface area contributed by atoms with Crippen LogP contribution in [0.15, 0.2) is 22.7 Å². The maximum absolute atomic E-state index is 13.3. The van der Waals surface area contributed by atoms with Crippen molar-refractivity contribution in [3.05, 3.63) is 41.1 Å². The van der Waals surface area contributed by atoms with Gasteiger partial charge in [0.2, 0.25) is 5.88 Å². The summed E-state index contributed by atoms with van der Waals surface area (Å²) >= 11 is 0. The number of halogens is 2. The molecular formula is C13H11F2N3O4. The number of nitrogens with two attached hydrogens (primary N) is 1. The van der Waals surface area contributed by atoms with Gasteiger partial charge >= 0.3 is 5.97 Å². The fourth-order valence-corrected chi connectivity index (χ4v) is 1.63. The van der Waals surface area contributed by atoms with Gasteiger partial charge in [-0.1, -0.05) is 11.2 Å². The molecule has 1 aromatic heterocycles. The standard InChI is InChI=1S/C13H11F2N3O4/c1-6-10(12(16)22-18-6)13(20)21-5-9(19)17-11-7(14)3-2-4-8(11)15/h2-4H,5,16H2,1H3,(H,17,19). The third-order valence-corrected chi connectivity index (χ3v) is 2.65. The number of esters is 1. The smallest absolute Gasteiger partial charge is 0.346 e. The van der Waals surface area contributed by atoms with E-state index in [4.69, 9.17) is 5.73 Å². The van der Waals surface area contributed by atoms with Crippen LogP contribution in [0.1, 0.15) is 16.1 Å². The lowest BCUT2D eigenvalue weighted by molar-refractivity contribution is -0.119. The summed E-state index contributed by atoms with van der Waals surface area (Å²) in [5.74, 6) is -3.98. The number of benzene rings is 1. The van der Waals surface area contributed by atoms with E-state index in [9.17, 15) is 18.4 Å². The quantitative estimate of drug-likeness (QED) is 0.831. The number of amides is 1. The maximum atomic E-state index is 13.3. The zero-order chi connectivity index (χ0) is 16.3. The SMILES string of the molecule is Cc1noc(N)c1C(=O)OCC(=O)Nc1c(F)cccc1F. The first-order valence-corrected chi connectivity index (χ1v) is 6.03. The molecule has 0 saturated heterocycles. The van der Waals surface area contributed by atoms with E-state index in [0.717, 1.165) is 18.2 Å². The van der Waals surface area contributed by atoms with E-state index in [2.05, 4.69) is 14.4 Å². The molecule has 0 saturated carbocycles. The Bertz CT molecular complexity index is 690. The van der Waals surface area contributed by atoms with Gasteiger partial charge in [-0.15, -0.1) is 0 Å². The number of nitrogens with one attached hydrogen (secondary N) is 1. The van der Waals surface area contributed by atoms with Gasteiger partial charge in [0.05, 0.1) is 5.69 Å². The Morgan fingerprint density at radius 3 is 2.55 bits per heavy atom. The van der Waals surface area contributed by atoms with Gasteiger partial charge in [0.25, 0.3) is 5.91 Å². The molecule has 0 spiro atoms. The number of anilines is 2. The zero-order valence-electron chi connectivity index (χ0n) is 11.4. The van der Waals surface area contributed by atoms with E-state index < -0.39 is 35.8 Å². The minimum Gasteiger partial charge on any atom is -0.452 e. The Kier molecular flexibility index (Phi) is 4.35. The predicted molar refractivity (Wildman–Crippen MR) is 70.9 cm³/mol. The van der Waals surface area contributed by atoms with Crippen LogP contribution >= 0.6 is 0 Å². The van der Waals surface area contributed by atoms with E-state index in [-0.39, 0.29) is 17.1 Å². The number of nitrogens with zero attached hydrogens (tertiary/aromatic N) is 1. The summed E-state index contributed by atoms with van der Waals surface area (Å²) in [4.78, 5) is 23.3. The molecule has 22 heavy (non-hydrogen) atoms. The highest BCUT2D eigenvalue weighted by molar-refractivity contribution is 5.98. The van der Waals surface area contributed by atoms with Crippen molar-refractivity contribution < 1.29 is 27.6 Å². The highest BCUT2D eigenvalue weighted by Gasteiger charge is 2.21. The number of carbonyl (C=O) groups excluding carboxylic acids is 2. The van der Waals surface area contributed by atoms with Crippen LogP contribution in [0.5, 0.6) is 0 Å². The van der Waals surface area contributed by atoms with E-state index in [1.807, 2.05) is 5.32 Å². The van der Waals surface area contributed by atoms with Crippen molar-refractivity contribution in [1.82, 2.24) is 5.16 Å². The third-order valence-electron chi connectivity index (χ3n) is 2.65. The van der Waals surface area contributed by atoms with Gasteiger partial charge in [0, 0.05) is 0 Å². The number of hydrogen-bond acceptors (Lipinski definition) is 6. The first-order valence-electron chi connectivity index (χ1n) is 6.03. The Hall–Kier alpha value is -2.97. The van der Waals surface area contributed by atoms with Crippen molar-refractivity contribution in [2.45, 2.75) is 6.92 Å². The average Bonchev–Trinajstić information content (AvgIpc) is 2.80. The highest BCUT2D eigenvalue weighted by Crippen LogP contribution is 2.18. The van der Waals surface area contributed by atoms with Crippen molar-refractivity contribution in [3.8, 4) is 0 Å². The van der Waals surface area contributed by atoms with Gasteiger partial charge in [0.1, 0.15) is 22.9 Å². The summed E-state index contributed by atoms with van der Waals surface area (Å²) in [5, 5.41) is 5.43. The lowest BCUT2D eigenvalue weighted by Crippen LogP contribution is -2.22. The molecule has 2 aromatic rings. The third kappa shape index (κ3) is 3.19. The average molecular weight is 311 g/mol. The summed E-state index contributed by atoms with van der Waals surface area (Å²) in [6.07, 6.45) is 0. The molecule has 1 heterocycles. The number of aromatic nitrogens is 1. The topological polar surface area (TPSA) is 107 Å². The number of ether oxygens (including phenoxy) is 1. The second-order valence-electron chi connectivity index (χ2n) is 4.23. The Morgan fingerprint density at radius 2 is 2.00 bits per heavy atom. The van der Waals surface area contributed by atoms with Crippen LogP contribution in [0, 0.1) is 18.6 Å². The van der Waals surface area contributed by atoms with Gasteiger partial charge in [-0.3, -0.25) is 4.79 Å². The molecule has 9 heteroatoms. The van der Waals surface area contributed by atoms with Gasteiger partial charge < -0.3 is 20.3 Å². The molecular weight excluding hydrogens is 300 g/mol. The highest BCUT2D eigenvalue weighted by atomic mass is 19.1. The molecule has 116 valence electrons. The Balaban J connectivity index is 1.98. The first-order chi connectivity index (χ1) is 10.4. The fraction of sp³-hybridized carbons (Fsp3) is 0.154. The number of nitrogen functional groups attached to an aromatic ring is 1. The monoisotopic (exact) mass is 311 g/mol. The molecule has 1 amide bonds. The second kappa shape index (κ2) is 6.20. The molecule has 3 N–H and O–H groups in total. The normalized spacial score (nSPS) is 10.3. The van der Waals surface area contributed by atoms with Crippen LogP contribution in [0.2, 0.25) is 0 Å². The number of aryl methyl sites for hydroxylation is 1. The Labute approximate surface area is 123 Å². The van der Waals surface area contributed by atoms with Crippen molar-refractivity contribution in [2.75, 3.05) is 17.7 Å². The molecule has 0 atom stereocenters. The van der Waals surface area contributed by atoms with Crippen molar-refractivity contribution in [3.63, 3.8) is 0 Å². The summed E-state index contributed by atoms with van der Waals surface area (Å²) in [6.45, 7) is 0.710. The van der Waals surface area contributed by atoms with Gasteiger partial charge in [-0.05, 0) is 19.1 Å². The van der Waals surface area contributed by atoms with E-state index in [1.54, 1.807) is 0 Å². The van der Waals surface area contributed by atoms with E-state index in [1.165, 1.54) is 6.92 Å². The van der Waals surface area contributed by atoms with Crippen LogP contribution in [0.25, 0.3) is 0 Å². The summed E-state index contributed by atoms with van der Waals surface area (Å²) in [6, 6.07) is 3.11. The molecule has 0 radical (unpaired) electrons. The lowest BCUT2D eigenvalue weighted by atomic mass is 10.2. The van der Waals surface area contributed by atoms with Crippen LogP contribution in [-0.2, 0) is 9.53 Å². The maximum Gasteiger partial charge on any atom is 0.346 e. The van der Waals surface area contributed by atoms with Gasteiger partial charge in [0.15, 0.2) is 6.61 Å². The summed E-state index contributed by atoms with van der Waals surface area (Å²) in [7, 11) is 0. The van der Waals surface area contributed by atoms with Crippen molar-refractivity contribution in [2.24, 2.45) is 0 Å². The summed E-state index contributed by atoms with van der Waals surface area (Å²) < 4.78 is 35.9. The fourth-order valence-electron chi connectivity index (χ4n) is 1.63. The molecule has 0 bridgehead atoms. The van der Waals surface area contributed by atoms with Gasteiger partial charge in [-0.2, -0.15) is 0 Å². The number of rotatable bonds is 4. The molecule has 1 aromatic carbocycles.